The number of carbonyl (C=O) groups is 2. The van der Waals surface area contributed by atoms with Crippen LogP contribution < -0.4 is 4.74 Å². The van der Waals surface area contributed by atoms with Gasteiger partial charge in [-0.3, -0.25) is 4.79 Å². The van der Waals surface area contributed by atoms with E-state index in [1.165, 1.54) is 11.6 Å². The first-order valence-electron chi connectivity index (χ1n) is 14.1. The molecule has 3 aromatic carbocycles. The van der Waals surface area contributed by atoms with Crippen molar-refractivity contribution in [2.45, 2.75) is 33.6 Å². The number of rotatable bonds is 5. The van der Waals surface area contributed by atoms with Gasteiger partial charge in [0.1, 0.15) is 11.3 Å². The maximum atomic E-state index is 14.0. The number of aromatic carboxylic acids is 1. The fraction of sp³-hybridized carbons (Fsp3) is 0.265. The molecule has 2 heterocycles. The number of allylic oxidation sites excluding steroid dienone is 2. The first-order valence-corrected chi connectivity index (χ1v) is 14.1. The molecule has 1 aliphatic heterocycles. The smallest absolute Gasteiger partial charge is 0.478 e. The van der Waals surface area contributed by atoms with Gasteiger partial charge in [0, 0.05) is 35.5 Å². The SMILES string of the molecule is CC1(C)C(c2ccc(C(=O)O)cc2)=CC[C@]2(C)CN(C(=O)c3ccccc3-c3nc4cc(OC(F)(F)F)ccc4o3)CC=C12. The Bertz CT molecular complexity index is 1850. The van der Waals surface area contributed by atoms with Gasteiger partial charge in [0.25, 0.3) is 5.91 Å². The van der Waals surface area contributed by atoms with Gasteiger partial charge in [0.05, 0.1) is 11.1 Å². The molecule has 7 nitrogen and oxygen atoms in total. The van der Waals surface area contributed by atoms with Crippen molar-refractivity contribution in [3.05, 3.63) is 101 Å². The quantitative estimate of drug-likeness (QED) is 0.233. The van der Waals surface area contributed by atoms with Crippen LogP contribution >= 0.6 is 0 Å². The number of amides is 1. The highest BCUT2D eigenvalue weighted by Gasteiger charge is 2.46. The van der Waals surface area contributed by atoms with Crippen molar-refractivity contribution in [3.63, 3.8) is 0 Å². The molecular formula is C34H29F3N2O5. The van der Waals surface area contributed by atoms with Gasteiger partial charge in [0.15, 0.2) is 5.58 Å². The van der Waals surface area contributed by atoms with Gasteiger partial charge in [-0.2, -0.15) is 0 Å². The molecule has 0 saturated heterocycles. The highest BCUT2D eigenvalue weighted by molar-refractivity contribution is 6.00. The van der Waals surface area contributed by atoms with E-state index in [9.17, 15) is 27.9 Å². The van der Waals surface area contributed by atoms with Gasteiger partial charge in [0.2, 0.25) is 5.89 Å². The van der Waals surface area contributed by atoms with Crippen molar-refractivity contribution in [1.29, 1.82) is 0 Å². The molecule has 4 aromatic rings. The van der Waals surface area contributed by atoms with Crippen molar-refractivity contribution < 1.29 is 37.0 Å². The lowest BCUT2D eigenvalue weighted by atomic mass is 9.58. The molecule has 1 amide bonds. The molecule has 0 unspecified atom stereocenters. The molecule has 6 rings (SSSR count). The zero-order chi connectivity index (χ0) is 31.4. The Morgan fingerprint density at radius 2 is 1.73 bits per heavy atom. The molecule has 0 radical (unpaired) electrons. The number of fused-ring (bicyclic) bond motifs is 2. The molecule has 0 saturated carbocycles. The molecule has 1 aliphatic carbocycles. The predicted octanol–water partition coefficient (Wildman–Crippen LogP) is 7.99. The van der Waals surface area contributed by atoms with Crippen molar-refractivity contribution in [3.8, 4) is 17.2 Å². The number of alkyl halides is 3. The molecule has 10 heteroatoms. The summed E-state index contributed by atoms with van der Waals surface area (Å²) in [6, 6.07) is 17.4. The topological polar surface area (TPSA) is 92.9 Å². The third-order valence-electron chi connectivity index (χ3n) is 8.52. The maximum Gasteiger partial charge on any atom is 0.573 e. The molecule has 0 spiro atoms. The number of halogens is 3. The van der Waals surface area contributed by atoms with Crippen LogP contribution in [0.1, 0.15) is 53.5 Å². The summed E-state index contributed by atoms with van der Waals surface area (Å²) in [4.78, 5) is 31.5. The number of aromatic nitrogens is 1. The summed E-state index contributed by atoms with van der Waals surface area (Å²) in [5.41, 5.74) is 4.09. The second-order valence-corrected chi connectivity index (χ2v) is 11.9. The van der Waals surface area contributed by atoms with Gasteiger partial charge in [-0.05, 0) is 54.0 Å². The summed E-state index contributed by atoms with van der Waals surface area (Å²) in [5.74, 6) is -1.48. The van der Waals surface area contributed by atoms with E-state index in [0.717, 1.165) is 23.3 Å². The summed E-state index contributed by atoms with van der Waals surface area (Å²) in [6.45, 7) is 7.31. The fourth-order valence-electron chi connectivity index (χ4n) is 6.60. The van der Waals surface area contributed by atoms with Gasteiger partial charge >= 0.3 is 12.3 Å². The van der Waals surface area contributed by atoms with E-state index in [0.29, 0.717) is 30.6 Å². The number of nitrogens with zero attached hydrogens (tertiary/aromatic N) is 2. The van der Waals surface area contributed by atoms with Gasteiger partial charge in [-0.15, -0.1) is 13.2 Å². The van der Waals surface area contributed by atoms with Gasteiger partial charge in [-0.25, -0.2) is 9.78 Å². The summed E-state index contributed by atoms with van der Waals surface area (Å²) < 4.78 is 48.0. The van der Waals surface area contributed by atoms with Crippen LogP contribution in [0, 0.1) is 10.8 Å². The second kappa shape index (κ2) is 10.4. The van der Waals surface area contributed by atoms with Gasteiger partial charge in [-0.1, -0.05) is 62.8 Å². The first kappa shape index (κ1) is 29.2. The molecule has 44 heavy (non-hydrogen) atoms. The van der Waals surface area contributed by atoms with Crippen molar-refractivity contribution in [1.82, 2.24) is 9.88 Å². The average Bonchev–Trinajstić information content (AvgIpc) is 3.39. The molecule has 1 aromatic heterocycles. The van der Waals surface area contributed by atoms with E-state index in [1.54, 1.807) is 41.3 Å². The summed E-state index contributed by atoms with van der Waals surface area (Å²) in [5, 5.41) is 9.28. The lowest BCUT2D eigenvalue weighted by Gasteiger charge is -2.50. The van der Waals surface area contributed by atoms with Crippen LogP contribution in [-0.4, -0.2) is 46.3 Å². The first-order chi connectivity index (χ1) is 20.7. The number of hydrogen-bond acceptors (Lipinski definition) is 5. The largest absolute Gasteiger partial charge is 0.573 e. The van der Waals surface area contributed by atoms with Gasteiger partial charge < -0.3 is 19.2 Å². The zero-order valence-electron chi connectivity index (χ0n) is 24.2. The molecule has 1 atom stereocenters. The minimum Gasteiger partial charge on any atom is -0.478 e. The maximum absolute atomic E-state index is 14.0. The lowest BCUT2D eigenvalue weighted by Crippen LogP contribution is -2.48. The molecular weight excluding hydrogens is 573 g/mol. The number of ether oxygens (including phenoxy) is 1. The van der Waals surface area contributed by atoms with Crippen LogP contribution in [0.4, 0.5) is 13.2 Å². The van der Waals surface area contributed by atoms with Crippen molar-refractivity contribution in [2.75, 3.05) is 13.1 Å². The summed E-state index contributed by atoms with van der Waals surface area (Å²) >= 11 is 0. The molecule has 226 valence electrons. The van der Waals surface area contributed by atoms with Crippen molar-refractivity contribution in [2.24, 2.45) is 10.8 Å². The van der Waals surface area contributed by atoms with Crippen LogP contribution in [0.25, 0.3) is 28.1 Å². The Morgan fingerprint density at radius 3 is 2.43 bits per heavy atom. The molecule has 1 N–H and O–H groups in total. The minimum atomic E-state index is -4.84. The Hall–Kier alpha value is -4.86. The normalized spacial score (nSPS) is 19.6. The average molecular weight is 603 g/mol. The Labute approximate surface area is 251 Å². The predicted molar refractivity (Wildman–Crippen MR) is 158 cm³/mol. The van der Waals surface area contributed by atoms with E-state index >= 15 is 0 Å². The number of oxazole rings is 1. The third kappa shape index (κ3) is 5.25. The van der Waals surface area contributed by atoms with E-state index < -0.39 is 18.1 Å². The standard InChI is InChI=1S/C34H29F3N2O5/c1-32(2)25(20-8-10-21(11-9-20)31(41)42)14-16-33(3)19-39(17-15-28(32)33)30(40)24-7-5-4-6-23(24)29-38-26-18-22(44-34(35,36)37)12-13-27(26)43-29/h4-15,18H,16-17,19H2,1-3H3,(H,41,42)/t33-/m1/s1. The minimum absolute atomic E-state index is 0.118. The fourth-order valence-corrected chi connectivity index (χ4v) is 6.60. The molecule has 0 bridgehead atoms. The summed E-state index contributed by atoms with van der Waals surface area (Å²) in [7, 11) is 0. The summed E-state index contributed by atoms with van der Waals surface area (Å²) in [6.07, 6.45) is 0.155. The molecule has 2 aliphatic rings. The Morgan fingerprint density at radius 1 is 1.00 bits per heavy atom. The Balaban J connectivity index is 1.27. The third-order valence-corrected chi connectivity index (χ3v) is 8.52. The van der Waals surface area contributed by atoms with E-state index in [2.05, 4.69) is 42.6 Å². The van der Waals surface area contributed by atoms with E-state index in [4.69, 9.17) is 4.42 Å². The van der Waals surface area contributed by atoms with E-state index in [1.807, 2.05) is 12.1 Å². The van der Waals surface area contributed by atoms with Crippen LogP contribution in [0.2, 0.25) is 0 Å². The van der Waals surface area contributed by atoms with Crippen LogP contribution in [0.5, 0.6) is 5.75 Å². The monoisotopic (exact) mass is 602 g/mol. The highest BCUT2D eigenvalue weighted by atomic mass is 19.4. The number of carboxylic acids is 1. The van der Waals surface area contributed by atoms with Crippen LogP contribution in [0.3, 0.4) is 0 Å². The van der Waals surface area contributed by atoms with E-state index in [-0.39, 0.29) is 39.3 Å². The highest BCUT2D eigenvalue weighted by Crippen LogP contribution is 2.55. The van der Waals surface area contributed by atoms with Crippen molar-refractivity contribution >= 4 is 28.5 Å². The Kier molecular flexibility index (Phi) is 6.90. The van der Waals surface area contributed by atoms with Crippen LogP contribution in [0.15, 0.2) is 88.9 Å². The molecule has 0 fully saturated rings. The zero-order valence-corrected chi connectivity index (χ0v) is 24.2. The second-order valence-electron chi connectivity index (χ2n) is 11.9. The number of benzene rings is 3. The number of carbonyl (C=O) groups excluding carboxylic acids is 1. The van der Waals surface area contributed by atoms with Crippen LogP contribution in [-0.2, 0) is 0 Å². The number of hydrogen-bond donors (Lipinski definition) is 1. The number of carboxylic acid groups (broad SMARTS) is 1. The lowest BCUT2D eigenvalue weighted by molar-refractivity contribution is -0.274.